The number of hydrogen-bond donors (Lipinski definition) is 1. The molecule has 0 radical (unpaired) electrons. The van der Waals surface area contributed by atoms with Crippen molar-refractivity contribution in [2.24, 2.45) is 0 Å². The predicted molar refractivity (Wildman–Crippen MR) is 78.3 cm³/mol. The summed E-state index contributed by atoms with van der Waals surface area (Å²) < 4.78 is 31.6. The van der Waals surface area contributed by atoms with Crippen LogP contribution in [0, 0.1) is 6.92 Å². The third-order valence-corrected chi connectivity index (χ3v) is 5.54. The molecule has 0 atom stereocenters. The van der Waals surface area contributed by atoms with Crippen LogP contribution in [-0.2, 0) is 10.0 Å². The molecule has 1 aromatic carbocycles. The molecule has 0 spiro atoms. The Morgan fingerprint density at radius 1 is 1.19 bits per heavy atom. The Labute approximate surface area is 123 Å². The van der Waals surface area contributed by atoms with Gasteiger partial charge in [-0.2, -0.15) is 4.31 Å². The number of hydrogen-bond acceptors (Lipinski definition) is 5. The fraction of sp³-hybridized carbons (Fsp3) is 0.357. The molecular formula is C14H17N3O3S. The molecule has 1 N–H and O–H groups in total. The lowest BCUT2D eigenvalue weighted by Gasteiger charge is -2.26. The summed E-state index contributed by atoms with van der Waals surface area (Å²) in [5.41, 5.74) is 1.77. The van der Waals surface area contributed by atoms with Gasteiger partial charge in [0.25, 0.3) is 0 Å². The number of sulfonamides is 1. The molecule has 1 aliphatic heterocycles. The predicted octanol–water partition coefficient (Wildman–Crippen LogP) is 1.24. The van der Waals surface area contributed by atoms with E-state index in [1.165, 1.54) is 4.31 Å². The van der Waals surface area contributed by atoms with E-state index in [-0.39, 0.29) is 0 Å². The summed E-state index contributed by atoms with van der Waals surface area (Å²) in [6, 6.07) is 6.85. The van der Waals surface area contributed by atoms with Gasteiger partial charge in [0.15, 0.2) is 0 Å². The van der Waals surface area contributed by atoms with E-state index in [4.69, 9.17) is 4.52 Å². The zero-order chi connectivity index (χ0) is 14.9. The Morgan fingerprint density at radius 3 is 2.43 bits per heavy atom. The number of aryl methyl sites for hydroxylation is 1. The molecule has 6 nitrogen and oxygen atoms in total. The number of benzene rings is 1. The van der Waals surface area contributed by atoms with Crippen LogP contribution in [0.15, 0.2) is 39.9 Å². The largest absolute Gasteiger partial charge is 0.361 e. The van der Waals surface area contributed by atoms with E-state index in [9.17, 15) is 8.42 Å². The van der Waals surface area contributed by atoms with Crippen molar-refractivity contribution >= 4 is 10.0 Å². The topological polar surface area (TPSA) is 75.4 Å². The summed E-state index contributed by atoms with van der Waals surface area (Å²) in [7, 11) is -3.40. The van der Waals surface area contributed by atoms with E-state index < -0.39 is 10.0 Å². The highest BCUT2D eigenvalue weighted by Gasteiger charge is 2.25. The Bertz CT molecular complexity index is 716. The summed E-state index contributed by atoms with van der Waals surface area (Å²) in [6.07, 6.45) is 1.63. The number of nitrogens with zero attached hydrogens (tertiary/aromatic N) is 2. The number of aromatic nitrogens is 1. The van der Waals surface area contributed by atoms with Gasteiger partial charge in [-0.05, 0) is 24.6 Å². The number of nitrogens with one attached hydrogen (secondary N) is 1. The van der Waals surface area contributed by atoms with Crippen LogP contribution < -0.4 is 5.32 Å². The molecule has 0 aliphatic carbocycles. The van der Waals surface area contributed by atoms with Gasteiger partial charge in [-0.15, -0.1) is 0 Å². The maximum absolute atomic E-state index is 12.5. The maximum atomic E-state index is 12.5. The van der Waals surface area contributed by atoms with Crippen LogP contribution in [0.25, 0.3) is 11.1 Å². The molecule has 21 heavy (non-hydrogen) atoms. The van der Waals surface area contributed by atoms with Crippen LogP contribution in [0.1, 0.15) is 5.76 Å². The molecule has 2 heterocycles. The molecule has 3 rings (SSSR count). The SMILES string of the molecule is Cc1oncc1-c1ccc(S(=O)(=O)N2CCNCC2)cc1. The summed E-state index contributed by atoms with van der Waals surface area (Å²) >= 11 is 0. The van der Waals surface area contributed by atoms with Crippen molar-refractivity contribution in [1.29, 1.82) is 0 Å². The van der Waals surface area contributed by atoms with Crippen LogP contribution in [0.3, 0.4) is 0 Å². The molecule has 0 unspecified atom stereocenters. The van der Waals surface area contributed by atoms with Crippen molar-refractivity contribution in [3.05, 3.63) is 36.2 Å². The second kappa shape index (κ2) is 5.59. The highest BCUT2D eigenvalue weighted by atomic mass is 32.2. The van der Waals surface area contributed by atoms with Crippen LogP contribution in [0.5, 0.6) is 0 Å². The van der Waals surface area contributed by atoms with E-state index in [1.807, 2.05) is 6.92 Å². The lowest BCUT2D eigenvalue weighted by molar-refractivity contribution is 0.360. The van der Waals surface area contributed by atoms with Crippen molar-refractivity contribution in [3.63, 3.8) is 0 Å². The van der Waals surface area contributed by atoms with E-state index in [1.54, 1.807) is 30.5 Å². The van der Waals surface area contributed by atoms with Crippen molar-refractivity contribution in [2.45, 2.75) is 11.8 Å². The van der Waals surface area contributed by atoms with Crippen molar-refractivity contribution < 1.29 is 12.9 Å². The minimum atomic E-state index is -3.40. The second-order valence-corrected chi connectivity index (χ2v) is 6.91. The maximum Gasteiger partial charge on any atom is 0.243 e. The van der Waals surface area contributed by atoms with Crippen LogP contribution >= 0.6 is 0 Å². The minimum absolute atomic E-state index is 0.322. The van der Waals surface area contributed by atoms with E-state index >= 15 is 0 Å². The summed E-state index contributed by atoms with van der Waals surface area (Å²) in [5, 5.41) is 6.88. The van der Waals surface area contributed by atoms with Crippen LogP contribution in [0.2, 0.25) is 0 Å². The molecule has 1 aromatic heterocycles. The van der Waals surface area contributed by atoms with Gasteiger partial charge in [0.2, 0.25) is 10.0 Å². The number of piperazine rings is 1. The molecule has 1 saturated heterocycles. The van der Waals surface area contributed by atoms with Gasteiger partial charge in [0.1, 0.15) is 5.76 Å². The highest BCUT2D eigenvalue weighted by molar-refractivity contribution is 7.89. The molecule has 1 aliphatic rings. The van der Waals surface area contributed by atoms with Crippen molar-refractivity contribution in [3.8, 4) is 11.1 Å². The number of rotatable bonds is 3. The second-order valence-electron chi connectivity index (χ2n) is 4.97. The van der Waals surface area contributed by atoms with Gasteiger partial charge in [-0.3, -0.25) is 0 Å². The highest BCUT2D eigenvalue weighted by Crippen LogP contribution is 2.25. The van der Waals surface area contributed by atoms with Gasteiger partial charge in [0.05, 0.1) is 11.1 Å². The zero-order valence-electron chi connectivity index (χ0n) is 11.7. The Hall–Kier alpha value is -1.70. The molecular weight excluding hydrogens is 290 g/mol. The smallest absolute Gasteiger partial charge is 0.243 e. The van der Waals surface area contributed by atoms with Crippen LogP contribution in [-0.4, -0.2) is 44.1 Å². The summed E-state index contributed by atoms with van der Waals surface area (Å²) in [5.74, 6) is 0.715. The first-order valence-corrected chi connectivity index (χ1v) is 8.25. The molecule has 7 heteroatoms. The summed E-state index contributed by atoms with van der Waals surface area (Å²) in [6.45, 7) is 4.23. The third-order valence-electron chi connectivity index (χ3n) is 3.63. The zero-order valence-corrected chi connectivity index (χ0v) is 12.6. The lowest BCUT2D eigenvalue weighted by Crippen LogP contribution is -2.46. The molecule has 2 aromatic rings. The average molecular weight is 307 g/mol. The lowest BCUT2D eigenvalue weighted by atomic mass is 10.1. The first-order valence-electron chi connectivity index (χ1n) is 6.81. The Morgan fingerprint density at radius 2 is 1.86 bits per heavy atom. The van der Waals surface area contributed by atoms with E-state index in [2.05, 4.69) is 10.5 Å². The van der Waals surface area contributed by atoms with Crippen molar-refractivity contribution in [1.82, 2.24) is 14.8 Å². The minimum Gasteiger partial charge on any atom is -0.361 e. The van der Waals surface area contributed by atoms with Gasteiger partial charge >= 0.3 is 0 Å². The molecule has 1 fully saturated rings. The fourth-order valence-corrected chi connectivity index (χ4v) is 3.86. The monoisotopic (exact) mass is 307 g/mol. The molecule has 112 valence electrons. The normalized spacial score (nSPS) is 17.0. The fourth-order valence-electron chi connectivity index (χ4n) is 2.42. The standard InChI is InChI=1S/C14H17N3O3S/c1-11-14(10-16-20-11)12-2-4-13(5-3-12)21(18,19)17-8-6-15-7-9-17/h2-5,10,15H,6-9H2,1H3. The Balaban J connectivity index is 1.88. The summed E-state index contributed by atoms with van der Waals surface area (Å²) in [4.78, 5) is 0.322. The molecule has 0 amide bonds. The quantitative estimate of drug-likeness (QED) is 0.923. The van der Waals surface area contributed by atoms with Gasteiger partial charge in [-0.25, -0.2) is 8.42 Å². The van der Waals surface area contributed by atoms with E-state index in [0.29, 0.717) is 36.8 Å². The van der Waals surface area contributed by atoms with Gasteiger partial charge in [0, 0.05) is 31.7 Å². The van der Waals surface area contributed by atoms with E-state index in [0.717, 1.165) is 11.1 Å². The Kier molecular flexibility index (Phi) is 3.79. The van der Waals surface area contributed by atoms with Crippen LogP contribution in [0.4, 0.5) is 0 Å². The molecule has 0 saturated carbocycles. The first kappa shape index (κ1) is 14.2. The van der Waals surface area contributed by atoms with Crippen molar-refractivity contribution in [2.75, 3.05) is 26.2 Å². The third kappa shape index (κ3) is 2.72. The first-order chi connectivity index (χ1) is 10.1. The van der Waals surface area contributed by atoms with Gasteiger partial charge < -0.3 is 9.84 Å². The average Bonchev–Trinajstić information content (AvgIpc) is 2.94. The molecule has 0 bridgehead atoms. The van der Waals surface area contributed by atoms with Gasteiger partial charge in [-0.1, -0.05) is 17.3 Å².